The second-order valence-corrected chi connectivity index (χ2v) is 6.70. The molecule has 3 aromatic rings. The van der Waals surface area contributed by atoms with Gasteiger partial charge in [-0.05, 0) is 49.6 Å². The fourth-order valence-corrected chi connectivity index (χ4v) is 2.83. The van der Waals surface area contributed by atoms with Crippen LogP contribution in [0.2, 0.25) is 0 Å². The highest BCUT2D eigenvalue weighted by Gasteiger charge is 2.07. The third-order valence-electron chi connectivity index (χ3n) is 4.20. The minimum Gasteiger partial charge on any atom is -0.489 e. The van der Waals surface area contributed by atoms with Crippen LogP contribution in [0, 0.1) is 13.8 Å². The van der Waals surface area contributed by atoms with Crippen LogP contribution in [-0.2, 0) is 13.2 Å². The molecule has 0 atom stereocenters. The molecule has 0 aliphatic carbocycles. The molecule has 5 heteroatoms. The maximum absolute atomic E-state index is 12.3. The summed E-state index contributed by atoms with van der Waals surface area (Å²) in [6.45, 7) is 5.94. The van der Waals surface area contributed by atoms with Gasteiger partial charge in [-0.2, -0.15) is 5.10 Å². The first-order chi connectivity index (χ1) is 13.1. The van der Waals surface area contributed by atoms with Crippen molar-refractivity contribution >= 4 is 5.91 Å². The van der Waals surface area contributed by atoms with Gasteiger partial charge >= 0.3 is 0 Å². The molecule has 0 unspecified atom stereocenters. The number of hydrogen-bond donors (Lipinski definition) is 1. The van der Waals surface area contributed by atoms with E-state index in [1.807, 2.05) is 48.3 Å². The van der Waals surface area contributed by atoms with Crippen molar-refractivity contribution < 1.29 is 9.53 Å². The van der Waals surface area contributed by atoms with Crippen LogP contribution in [0.3, 0.4) is 0 Å². The molecule has 0 spiro atoms. The van der Waals surface area contributed by atoms with Crippen LogP contribution < -0.4 is 10.1 Å². The topological polar surface area (TPSA) is 56.1 Å². The Balaban J connectivity index is 1.47. The van der Waals surface area contributed by atoms with Crippen LogP contribution in [0.25, 0.3) is 0 Å². The summed E-state index contributed by atoms with van der Waals surface area (Å²) < 4.78 is 7.72. The van der Waals surface area contributed by atoms with Crippen LogP contribution in [0.1, 0.15) is 33.5 Å². The fraction of sp³-hybridized carbons (Fsp3) is 0.273. The molecule has 3 rings (SSSR count). The number of aryl methyl sites for hydroxylation is 3. The number of carbonyl (C=O) groups excluding carboxylic acids is 1. The molecule has 0 bridgehead atoms. The van der Waals surface area contributed by atoms with E-state index in [2.05, 4.69) is 29.5 Å². The van der Waals surface area contributed by atoms with Crippen molar-refractivity contribution in [3.63, 3.8) is 0 Å². The Morgan fingerprint density at radius 2 is 1.96 bits per heavy atom. The lowest BCUT2D eigenvalue weighted by atomic mass is 10.1. The van der Waals surface area contributed by atoms with E-state index in [4.69, 9.17) is 4.74 Å². The molecular weight excluding hydrogens is 338 g/mol. The number of carbonyl (C=O) groups is 1. The number of ether oxygens (including phenoxy) is 1. The monoisotopic (exact) mass is 363 g/mol. The van der Waals surface area contributed by atoms with Gasteiger partial charge in [0.1, 0.15) is 12.4 Å². The summed E-state index contributed by atoms with van der Waals surface area (Å²) in [6, 6.07) is 15.5. The van der Waals surface area contributed by atoms with E-state index in [1.165, 1.54) is 5.56 Å². The molecule has 0 fully saturated rings. The average Bonchev–Trinajstić information content (AvgIpc) is 3.09. The first kappa shape index (κ1) is 18.7. The third kappa shape index (κ3) is 5.71. The quantitative estimate of drug-likeness (QED) is 0.618. The molecule has 0 aliphatic heterocycles. The molecule has 0 aliphatic rings. The van der Waals surface area contributed by atoms with Crippen LogP contribution in [0.5, 0.6) is 5.75 Å². The number of rotatable bonds is 8. The van der Waals surface area contributed by atoms with Gasteiger partial charge in [-0.25, -0.2) is 0 Å². The summed E-state index contributed by atoms with van der Waals surface area (Å²) in [5.41, 5.74) is 4.06. The fourth-order valence-electron chi connectivity index (χ4n) is 2.83. The van der Waals surface area contributed by atoms with Crippen LogP contribution in [0.15, 0.2) is 60.9 Å². The molecule has 2 aromatic carbocycles. The van der Waals surface area contributed by atoms with Gasteiger partial charge in [0.25, 0.3) is 5.91 Å². The lowest BCUT2D eigenvalue weighted by Crippen LogP contribution is -2.25. The third-order valence-corrected chi connectivity index (χ3v) is 4.20. The summed E-state index contributed by atoms with van der Waals surface area (Å²) in [4.78, 5) is 12.3. The summed E-state index contributed by atoms with van der Waals surface area (Å²) in [6.07, 6.45) is 4.66. The Labute approximate surface area is 160 Å². The summed E-state index contributed by atoms with van der Waals surface area (Å²) in [5, 5.41) is 7.19. The van der Waals surface area contributed by atoms with E-state index in [1.54, 1.807) is 12.1 Å². The lowest BCUT2D eigenvalue weighted by molar-refractivity contribution is 0.0952. The molecular formula is C22H25N3O2. The number of amides is 1. The van der Waals surface area contributed by atoms with Gasteiger partial charge in [-0.1, -0.05) is 35.9 Å². The maximum Gasteiger partial charge on any atom is 0.251 e. The minimum absolute atomic E-state index is 0.0901. The van der Waals surface area contributed by atoms with Gasteiger partial charge in [-0.3, -0.25) is 9.48 Å². The molecule has 0 radical (unpaired) electrons. The predicted molar refractivity (Wildman–Crippen MR) is 106 cm³/mol. The lowest BCUT2D eigenvalue weighted by Gasteiger charge is -2.09. The van der Waals surface area contributed by atoms with E-state index in [9.17, 15) is 4.79 Å². The van der Waals surface area contributed by atoms with E-state index < -0.39 is 0 Å². The second-order valence-electron chi connectivity index (χ2n) is 6.70. The maximum atomic E-state index is 12.3. The Kier molecular flexibility index (Phi) is 6.26. The van der Waals surface area contributed by atoms with Crippen molar-refractivity contribution in [1.29, 1.82) is 0 Å². The zero-order valence-corrected chi connectivity index (χ0v) is 15.8. The zero-order chi connectivity index (χ0) is 19.1. The van der Waals surface area contributed by atoms with Crippen molar-refractivity contribution in [3.8, 4) is 5.75 Å². The van der Waals surface area contributed by atoms with Crippen molar-refractivity contribution in [3.05, 3.63) is 83.2 Å². The number of hydrogen-bond acceptors (Lipinski definition) is 3. The molecule has 1 heterocycles. The Morgan fingerprint density at radius 3 is 2.74 bits per heavy atom. The highest BCUT2D eigenvalue weighted by molar-refractivity contribution is 5.94. The summed E-state index contributed by atoms with van der Waals surface area (Å²) in [7, 11) is 0. The van der Waals surface area contributed by atoms with Crippen LogP contribution in [-0.4, -0.2) is 22.2 Å². The summed E-state index contributed by atoms with van der Waals surface area (Å²) >= 11 is 0. The molecule has 5 nitrogen and oxygen atoms in total. The smallest absolute Gasteiger partial charge is 0.251 e. The van der Waals surface area contributed by atoms with Gasteiger partial charge < -0.3 is 10.1 Å². The second kappa shape index (κ2) is 9.03. The van der Waals surface area contributed by atoms with Crippen molar-refractivity contribution in [2.75, 3.05) is 6.54 Å². The average molecular weight is 363 g/mol. The molecule has 140 valence electrons. The molecule has 1 amide bonds. The zero-order valence-electron chi connectivity index (χ0n) is 15.8. The molecule has 1 N–H and O–H groups in total. The Hall–Kier alpha value is -3.08. The summed E-state index contributed by atoms with van der Waals surface area (Å²) in [5.74, 6) is 0.601. The number of benzene rings is 2. The largest absolute Gasteiger partial charge is 0.489 e. The first-order valence-corrected chi connectivity index (χ1v) is 9.16. The Bertz CT molecular complexity index is 902. The van der Waals surface area contributed by atoms with E-state index in [0.29, 0.717) is 24.5 Å². The highest BCUT2D eigenvalue weighted by atomic mass is 16.5. The van der Waals surface area contributed by atoms with E-state index >= 15 is 0 Å². The van der Waals surface area contributed by atoms with E-state index in [-0.39, 0.29) is 5.91 Å². The number of aromatic nitrogens is 2. The van der Waals surface area contributed by atoms with Crippen molar-refractivity contribution in [2.45, 2.75) is 33.4 Å². The van der Waals surface area contributed by atoms with Crippen molar-refractivity contribution in [1.82, 2.24) is 15.1 Å². The van der Waals surface area contributed by atoms with Crippen LogP contribution >= 0.6 is 0 Å². The van der Waals surface area contributed by atoms with Gasteiger partial charge in [0.05, 0.1) is 6.20 Å². The van der Waals surface area contributed by atoms with Gasteiger partial charge in [0, 0.05) is 24.8 Å². The highest BCUT2D eigenvalue weighted by Crippen LogP contribution is 2.16. The molecule has 1 aromatic heterocycles. The molecule has 0 saturated carbocycles. The molecule has 27 heavy (non-hydrogen) atoms. The Morgan fingerprint density at radius 1 is 1.11 bits per heavy atom. The minimum atomic E-state index is -0.0901. The van der Waals surface area contributed by atoms with Gasteiger partial charge in [0.15, 0.2) is 0 Å². The van der Waals surface area contributed by atoms with Crippen molar-refractivity contribution in [2.24, 2.45) is 0 Å². The number of nitrogens with one attached hydrogen (secondary N) is 1. The van der Waals surface area contributed by atoms with Gasteiger partial charge in [-0.15, -0.1) is 0 Å². The molecule has 0 saturated heterocycles. The SMILES string of the molecule is Cc1cccc(COc2cccc(C(=O)NCCCn3cc(C)cn3)c2)c1. The van der Waals surface area contributed by atoms with Crippen LogP contribution in [0.4, 0.5) is 0 Å². The normalized spacial score (nSPS) is 10.6. The predicted octanol–water partition coefficient (Wildman–Crippen LogP) is 3.90. The number of nitrogens with zero attached hydrogens (tertiary/aromatic N) is 2. The standard InChI is InChI=1S/C22H25N3O2/c1-17-6-3-7-19(12-17)16-27-21-9-4-8-20(13-21)22(26)23-10-5-11-25-15-18(2)14-24-25/h3-4,6-9,12-15H,5,10-11,16H2,1-2H3,(H,23,26). The first-order valence-electron chi connectivity index (χ1n) is 9.16. The van der Waals surface area contributed by atoms with E-state index in [0.717, 1.165) is 24.1 Å². The van der Waals surface area contributed by atoms with Gasteiger partial charge in [0.2, 0.25) is 0 Å².